The van der Waals surface area contributed by atoms with Gasteiger partial charge in [-0.05, 0) is 38.2 Å². The first-order valence-corrected chi connectivity index (χ1v) is 8.08. The van der Waals surface area contributed by atoms with Gasteiger partial charge in [0.15, 0.2) is 5.96 Å². The van der Waals surface area contributed by atoms with Crippen molar-refractivity contribution in [1.29, 1.82) is 0 Å². The standard InChI is InChI=1S/C18H25N3/c1-2-19-17(21-16-10-6-7-11-16)20-14-18(12-13-18)15-8-4-3-5-9-15/h3-9,16H,2,10-14H2,1H3,(H2,19,20,21). The molecule has 3 rings (SSSR count). The van der Waals surface area contributed by atoms with Crippen LogP contribution in [0.5, 0.6) is 0 Å². The van der Waals surface area contributed by atoms with E-state index in [4.69, 9.17) is 4.99 Å². The van der Waals surface area contributed by atoms with Gasteiger partial charge in [0.1, 0.15) is 0 Å². The number of hydrogen-bond donors (Lipinski definition) is 2. The SMILES string of the molecule is CCNC(=NCC1(c2ccccc2)CC1)NC1CC=CC1. The summed E-state index contributed by atoms with van der Waals surface area (Å²) in [5.74, 6) is 0.966. The van der Waals surface area contributed by atoms with Crippen molar-refractivity contribution in [3.05, 3.63) is 48.0 Å². The van der Waals surface area contributed by atoms with Crippen LogP contribution in [0.1, 0.15) is 38.2 Å². The molecular formula is C18H25N3. The fourth-order valence-corrected chi connectivity index (χ4v) is 2.96. The summed E-state index contributed by atoms with van der Waals surface area (Å²) >= 11 is 0. The Morgan fingerprint density at radius 2 is 1.90 bits per heavy atom. The Bertz CT molecular complexity index is 507. The van der Waals surface area contributed by atoms with E-state index in [1.54, 1.807) is 0 Å². The van der Waals surface area contributed by atoms with Gasteiger partial charge in [-0.3, -0.25) is 4.99 Å². The Kier molecular flexibility index (Phi) is 4.28. The third kappa shape index (κ3) is 3.46. The summed E-state index contributed by atoms with van der Waals surface area (Å²) in [6.07, 6.45) is 9.21. The van der Waals surface area contributed by atoms with Crippen molar-refractivity contribution < 1.29 is 0 Å². The van der Waals surface area contributed by atoms with E-state index >= 15 is 0 Å². The number of aliphatic imine (C=N–C) groups is 1. The fourth-order valence-electron chi connectivity index (χ4n) is 2.96. The van der Waals surface area contributed by atoms with Gasteiger partial charge in [0.2, 0.25) is 0 Å². The zero-order valence-electron chi connectivity index (χ0n) is 12.8. The predicted molar refractivity (Wildman–Crippen MR) is 88.6 cm³/mol. The summed E-state index contributed by atoms with van der Waals surface area (Å²) in [6.45, 7) is 3.91. The molecule has 2 aliphatic carbocycles. The molecule has 0 aromatic heterocycles. The lowest BCUT2D eigenvalue weighted by Gasteiger charge is -2.19. The van der Waals surface area contributed by atoms with E-state index in [1.807, 2.05) is 0 Å². The Morgan fingerprint density at radius 3 is 2.52 bits per heavy atom. The molecule has 0 aliphatic heterocycles. The molecule has 2 N–H and O–H groups in total. The predicted octanol–water partition coefficient (Wildman–Crippen LogP) is 2.99. The molecule has 0 radical (unpaired) electrons. The van der Waals surface area contributed by atoms with Crippen molar-refractivity contribution >= 4 is 5.96 Å². The molecule has 112 valence electrons. The molecule has 21 heavy (non-hydrogen) atoms. The number of nitrogens with one attached hydrogen (secondary N) is 2. The van der Waals surface area contributed by atoms with Crippen LogP contribution in [0.4, 0.5) is 0 Å². The van der Waals surface area contributed by atoms with Crippen molar-refractivity contribution in [2.45, 2.75) is 44.1 Å². The van der Waals surface area contributed by atoms with E-state index in [0.717, 1.165) is 31.9 Å². The largest absolute Gasteiger partial charge is 0.357 e. The molecule has 0 saturated heterocycles. The van der Waals surface area contributed by atoms with Gasteiger partial charge in [-0.2, -0.15) is 0 Å². The van der Waals surface area contributed by atoms with E-state index in [0.29, 0.717) is 6.04 Å². The molecule has 0 atom stereocenters. The zero-order chi connectivity index (χ0) is 14.5. The molecule has 1 saturated carbocycles. The molecule has 1 aromatic carbocycles. The molecule has 0 amide bonds. The minimum absolute atomic E-state index is 0.289. The highest BCUT2D eigenvalue weighted by Gasteiger charge is 2.44. The fraction of sp³-hybridized carbons (Fsp3) is 0.500. The maximum Gasteiger partial charge on any atom is 0.191 e. The van der Waals surface area contributed by atoms with E-state index in [2.05, 4.69) is 60.0 Å². The zero-order valence-corrected chi connectivity index (χ0v) is 12.8. The summed E-state index contributed by atoms with van der Waals surface area (Å²) in [7, 11) is 0. The first-order chi connectivity index (χ1) is 10.3. The van der Waals surface area contributed by atoms with E-state index in [1.165, 1.54) is 18.4 Å². The first-order valence-electron chi connectivity index (χ1n) is 8.08. The molecule has 2 aliphatic rings. The Hall–Kier alpha value is -1.77. The molecule has 0 spiro atoms. The van der Waals surface area contributed by atoms with Crippen LogP contribution in [-0.4, -0.2) is 25.1 Å². The number of hydrogen-bond acceptors (Lipinski definition) is 1. The minimum atomic E-state index is 0.289. The highest BCUT2D eigenvalue weighted by atomic mass is 15.2. The second kappa shape index (κ2) is 6.33. The van der Waals surface area contributed by atoms with Gasteiger partial charge in [-0.1, -0.05) is 42.5 Å². The topological polar surface area (TPSA) is 36.4 Å². The van der Waals surface area contributed by atoms with Crippen molar-refractivity contribution in [3.63, 3.8) is 0 Å². The van der Waals surface area contributed by atoms with Crippen LogP contribution in [0.25, 0.3) is 0 Å². The molecule has 3 nitrogen and oxygen atoms in total. The molecule has 0 heterocycles. The van der Waals surface area contributed by atoms with E-state index < -0.39 is 0 Å². The highest BCUT2D eigenvalue weighted by Crippen LogP contribution is 2.48. The second-order valence-corrected chi connectivity index (χ2v) is 6.13. The van der Waals surface area contributed by atoms with Crippen LogP contribution in [0.3, 0.4) is 0 Å². The molecule has 1 aromatic rings. The van der Waals surface area contributed by atoms with Gasteiger partial charge in [-0.15, -0.1) is 0 Å². The van der Waals surface area contributed by atoms with Crippen LogP contribution in [0.15, 0.2) is 47.5 Å². The smallest absolute Gasteiger partial charge is 0.191 e. The lowest BCUT2D eigenvalue weighted by Crippen LogP contribution is -2.42. The Labute approximate surface area is 127 Å². The van der Waals surface area contributed by atoms with Crippen LogP contribution >= 0.6 is 0 Å². The maximum absolute atomic E-state index is 4.85. The molecule has 3 heteroatoms. The first kappa shape index (κ1) is 14.2. The Balaban J connectivity index is 1.64. The van der Waals surface area contributed by atoms with Crippen molar-refractivity contribution in [3.8, 4) is 0 Å². The average molecular weight is 283 g/mol. The van der Waals surface area contributed by atoms with E-state index in [-0.39, 0.29) is 5.41 Å². The minimum Gasteiger partial charge on any atom is -0.357 e. The highest BCUT2D eigenvalue weighted by molar-refractivity contribution is 5.80. The van der Waals surface area contributed by atoms with Gasteiger partial charge in [0.25, 0.3) is 0 Å². The van der Waals surface area contributed by atoms with Crippen LogP contribution in [0, 0.1) is 0 Å². The normalized spacial score (nSPS) is 20.5. The number of guanidine groups is 1. The van der Waals surface area contributed by atoms with Crippen LogP contribution in [0.2, 0.25) is 0 Å². The van der Waals surface area contributed by atoms with Gasteiger partial charge in [0, 0.05) is 18.0 Å². The van der Waals surface area contributed by atoms with Crippen LogP contribution < -0.4 is 10.6 Å². The summed E-state index contributed by atoms with van der Waals surface area (Å²) in [5, 5.41) is 6.92. The summed E-state index contributed by atoms with van der Waals surface area (Å²) in [5.41, 5.74) is 1.73. The molecular weight excluding hydrogens is 258 g/mol. The number of nitrogens with zero attached hydrogens (tertiary/aromatic N) is 1. The summed E-state index contributed by atoms with van der Waals surface area (Å²) < 4.78 is 0. The molecule has 0 bridgehead atoms. The van der Waals surface area contributed by atoms with Gasteiger partial charge in [0.05, 0.1) is 6.54 Å². The third-order valence-corrected chi connectivity index (χ3v) is 4.47. The van der Waals surface area contributed by atoms with Gasteiger partial charge >= 0.3 is 0 Å². The second-order valence-electron chi connectivity index (χ2n) is 6.13. The average Bonchev–Trinajstić information content (AvgIpc) is 3.15. The van der Waals surface area contributed by atoms with Crippen molar-refractivity contribution in [2.24, 2.45) is 4.99 Å². The summed E-state index contributed by atoms with van der Waals surface area (Å²) in [4.78, 5) is 4.85. The molecule has 0 unspecified atom stereocenters. The third-order valence-electron chi connectivity index (χ3n) is 4.47. The number of rotatable bonds is 5. The van der Waals surface area contributed by atoms with Crippen molar-refractivity contribution in [1.82, 2.24) is 10.6 Å². The van der Waals surface area contributed by atoms with Gasteiger partial charge < -0.3 is 10.6 Å². The Morgan fingerprint density at radius 1 is 1.19 bits per heavy atom. The summed E-state index contributed by atoms with van der Waals surface area (Å²) in [6, 6.07) is 11.3. The van der Waals surface area contributed by atoms with Crippen LogP contribution in [-0.2, 0) is 5.41 Å². The van der Waals surface area contributed by atoms with E-state index in [9.17, 15) is 0 Å². The monoisotopic (exact) mass is 283 g/mol. The van der Waals surface area contributed by atoms with Crippen molar-refractivity contribution in [2.75, 3.05) is 13.1 Å². The lowest BCUT2D eigenvalue weighted by molar-refractivity contribution is 0.625. The maximum atomic E-state index is 4.85. The lowest BCUT2D eigenvalue weighted by atomic mass is 9.96. The van der Waals surface area contributed by atoms with Gasteiger partial charge in [-0.25, -0.2) is 0 Å². The number of benzene rings is 1. The molecule has 1 fully saturated rings. The quantitative estimate of drug-likeness (QED) is 0.495.